The van der Waals surface area contributed by atoms with Crippen LogP contribution in [0, 0.1) is 5.92 Å². The van der Waals surface area contributed by atoms with Crippen LogP contribution in [0.15, 0.2) is 30.5 Å². The number of carbonyl (C=O) groups is 2. The van der Waals surface area contributed by atoms with Gasteiger partial charge in [-0.2, -0.15) is 13.2 Å². The molecule has 1 aliphatic heterocycles. The Morgan fingerprint density at radius 3 is 2.86 bits per heavy atom. The zero-order chi connectivity index (χ0) is 27.0. The van der Waals surface area contributed by atoms with E-state index in [0.29, 0.717) is 25.2 Å². The zero-order valence-electron chi connectivity index (χ0n) is 21.1. The van der Waals surface area contributed by atoms with Crippen molar-refractivity contribution < 1.29 is 32.2 Å². The Hall–Kier alpha value is -3.19. The van der Waals surface area contributed by atoms with E-state index in [2.05, 4.69) is 20.9 Å². The summed E-state index contributed by atoms with van der Waals surface area (Å²) in [5, 5.41) is 14.0. The molecule has 1 aliphatic rings. The van der Waals surface area contributed by atoms with Crippen molar-refractivity contribution in [1.82, 2.24) is 25.2 Å². The molecule has 0 spiro atoms. The molecule has 204 valence electrons. The SMILES string of the molecule is C[C@@H]1COC(=O)CCCn2cc(nn2)CO[C@@H](CN(C)C(=O)Nc2cccc(C(F)(F)F)c2)[C@@H](C)CN1. The maximum absolute atomic E-state index is 13.0. The van der Waals surface area contributed by atoms with E-state index in [4.69, 9.17) is 9.47 Å². The molecular formula is C24H33F3N6O4. The third kappa shape index (κ3) is 9.01. The van der Waals surface area contributed by atoms with Crippen molar-refractivity contribution in [2.45, 2.75) is 58.2 Å². The minimum absolute atomic E-state index is 0.0419. The van der Waals surface area contributed by atoms with Gasteiger partial charge in [0.15, 0.2) is 0 Å². The van der Waals surface area contributed by atoms with E-state index in [1.165, 1.54) is 17.0 Å². The average molecular weight is 527 g/mol. The molecule has 37 heavy (non-hydrogen) atoms. The molecule has 0 unspecified atom stereocenters. The third-order valence-corrected chi connectivity index (χ3v) is 5.96. The summed E-state index contributed by atoms with van der Waals surface area (Å²) in [5.41, 5.74) is -0.203. The number of carbonyl (C=O) groups excluding carboxylic acids is 2. The van der Waals surface area contributed by atoms with E-state index in [0.717, 1.165) is 12.1 Å². The van der Waals surface area contributed by atoms with E-state index in [1.807, 2.05) is 13.8 Å². The van der Waals surface area contributed by atoms with Gasteiger partial charge >= 0.3 is 18.2 Å². The molecule has 10 nitrogen and oxygen atoms in total. The number of aromatic nitrogens is 3. The number of amides is 2. The number of ether oxygens (including phenoxy) is 2. The summed E-state index contributed by atoms with van der Waals surface area (Å²) in [6.45, 7) is 5.44. The van der Waals surface area contributed by atoms with Crippen LogP contribution < -0.4 is 10.6 Å². The molecule has 1 aromatic heterocycles. The molecular weight excluding hydrogens is 493 g/mol. The lowest BCUT2D eigenvalue weighted by Gasteiger charge is -2.30. The minimum Gasteiger partial charge on any atom is -0.464 e. The molecule has 2 amide bonds. The summed E-state index contributed by atoms with van der Waals surface area (Å²) in [7, 11) is 1.55. The number of aryl methyl sites for hydroxylation is 1. The first-order chi connectivity index (χ1) is 17.5. The number of hydrogen-bond acceptors (Lipinski definition) is 7. The van der Waals surface area contributed by atoms with Gasteiger partial charge in [-0.1, -0.05) is 18.2 Å². The third-order valence-electron chi connectivity index (χ3n) is 5.96. The van der Waals surface area contributed by atoms with Crippen LogP contribution >= 0.6 is 0 Å². The molecule has 0 saturated carbocycles. The van der Waals surface area contributed by atoms with Gasteiger partial charge in [-0.05, 0) is 37.5 Å². The molecule has 0 aliphatic carbocycles. The van der Waals surface area contributed by atoms with Crippen molar-refractivity contribution in [3.8, 4) is 0 Å². The predicted molar refractivity (Wildman–Crippen MR) is 129 cm³/mol. The average Bonchev–Trinajstić information content (AvgIpc) is 3.30. The predicted octanol–water partition coefficient (Wildman–Crippen LogP) is 3.30. The molecule has 2 heterocycles. The van der Waals surface area contributed by atoms with Crippen LogP contribution in [-0.4, -0.2) is 70.8 Å². The molecule has 2 N–H and O–H groups in total. The second-order valence-electron chi connectivity index (χ2n) is 9.28. The lowest BCUT2D eigenvalue weighted by Crippen LogP contribution is -2.44. The van der Waals surface area contributed by atoms with Crippen LogP contribution in [0.2, 0.25) is 0 Å². The number of likely N-dealkylation sites (N-methyl/N-ethyl adjacent to an activating group) is 1. The van der Waals surface area contributed by atoms with Crippen molar-refractivity contribution in [2.75, 3.05) is 32.1 Å². The van der Waals surface area contributed by atoms with Crippen LogP contribution in [0.5, 0.6) is 0 Å². The van der Waals surface area contributed by atoms with Gasteiger partial charge in [-0.15, -0.1) is 5.10 Å². The minimum atomic E-state index is -4.51. The van der Waals surface area contributed by atoms with Gasteiger partial charge in [0.1, 0.15) is 12.3 Å². The number of rotatable bonds is 3. The Morgan fingerprint density at radius 2 is 2.11 bits per heavy atom. The Balaban J connectivity index is 1.67. The van der Waals surface area contributed by atoms with Gasteiger partial charge in [0.2, 0.25) is 0 Å². The highest BCUT2D eigenvalue weighted by Gasteiger charge is 2.31. The lowest BCUT2D eigenvalue weighted by molar-refractivity contribution is -0.144. The normalized spacial score (nSPS) is 22.2. The first-order valence-electron chi connectivity index (χ1n) is 12.1. The number of fused-ring (bicyclic) bond motifs is 2. The van der Waals surface area contributed by atoms with Gasteiger partial charge in [-0.3, -0.25) is 9.48 Å². The fourth-order valence-electron chi connectivity index (χ4n) is 3.70. The van der Waals surface area contributed by atoms with E-state index in [1.54, 1.807) is 17.9 Å². The number of nitrogens with zero attached hydrogens (tertiary/aromatic N) is 4. The number of alkyl halides is 3. The van der Waals surface area contributed by atoms with Gasteiger partial charge in [-0.25, -0.2) is 4.79 Å². The number of nitrogens with one attached hydrogen (secondary N) is 2. The van der Waals surface area contributed by atoms with Crippen molar-refractivity contribution in [3.63, 3.8) is 0 Å². The quantitative estimate of drug-likeness (QED) is 0.591. The number of anilines is 1. The first-order valence-corrected chi connectivity index (χ1v) is 12.1. The summed E-state index contributed by atoms with van der Waals surface area (Å²) >= 11 is 0. The summed E-state index contributed by atoms with van der Waals surface area (Å²) in [6.07, 6.45) is -2.35. The van der Waals surface area contributed by atoms with Crippen LogP contribution in [0.4, 0.5) is 23.7 Å². The summed E-state index contributed by atoms with van der Waals surface area (Å²) in [6, 6.07) is 3.81. The topological polar surface area (TPSA) is 111 Å². The molecule has 2 bridgehead atoms. The standard InChI is InChI=1S/C24H33F3N6O4/c1-16-11-28-17(2)14-37-22(34)8-5-9-33-12-20(30-31-33)15-36-21(16)13-32(3)23(35)29-19-7-4-6-18(10-19)24(25,26)27/h4,6-7,10,12,16-17,21,28H,5,8-9,11,13-15H2,1-3H3,(H,29,35)/t16-,17+,21-/m0/s1. The Morgan fingerprint density at radius 1 is 1.32 bits per heavy atom. The molecule has 0 fully saturated rings. The number of urea groups is 1. The fraction of sp³-hybridized carbons (Fsp3) is 0.583. The molecule has 3 atom stereocenters. The van der Waals surface area contributed by atoms with E-state index in [-0.39, 0.29) is 49.8 Å². The Kier molecular flexibility index (Phi) is 9.86. The molecule has 2 aromatic rings. The first kappa shape index (κ1) is 28.4. The molecule has 0 saturated heterocycles. The van der Waals surface area contributed by atoms with E-state index >= 15 is 0 Å². The highest BCUT2D eigenvalue weighted by atomic mass is 19.4. The van der Waals surface area contributed by atoms with Gasteiger partial charge < -0.3 is 25.0 Å². The van der Waals surface area contributed by atoms with Crippen molar-refractivity contribution >= 4 is 17.7 Å². The highest BCUT2D eigenvalue weighted by molar-refractivity contribution is 5.89. The number of halogens is 3. The number of hydrogen-bond donors (Lipinski definition) is 2. The number of esters is 1. The second kappa shape index (κ2) is 12.9. The lowest BCUT2D eigenvalue weighted by atomic mass is 10.0. The van der Waals surface area contributed by atoms with Crippen molar-refractivity contribution in [2.24, 2.45) is 5.92 Å². The Bertz CT molecular complexity index is 1050. The zero-order valence-corrected chi connectivity index (χ0v) is 21.1. The molecule has 13 heteroatoms. The van der Waals surface area contributed by atoms with Crippen LogP contribution in [0.25, 0.3) is 0 Å². The van der Waals surface area contributed by atoms with Crippen LogP contribution in [0.3, 0.4) is 0 Å². The molecule has 0 radical (unpaired) electrons. The second-order valence-corrected chi connectivity index (χ2v) is 9.28. The Labute approximate surface area is 213 Å². The smallest absolute Gasteiger partial charge is 0.416 e. The summed E-state index contributed by atoms with van der Waals surface area (Å²) in [4.78, 5) is 26.1. The van der Waals surface area contributed by atoms with Crippen molar-refractivity contribution in [1.29, 1.82) is 0 Å². The van der Waals surface area contributed by atoms with E-state index in [9.17, 15) is 22.8 Å². The van der Waals surface area contributed by atoms with Gasteiger partial charge in [0, 0.05) is 44.8 Å². The highest BCUT2D eigenvalue weighted by Crippen LogP contribution is 2.30. The van der Waals surface area contributed by atoms with Crippen molar-refractivity contribution in [3.05, 3.63) is 41.7 Å². The largest absolute Gasteiger partial charge is 0.464 e. The van der Waals surface area contributed by atoms with E-state index < -0.39 is 23.9 Å². The number of benzene rings is 1. The molecule has 3 rings (SSSR count). The number of cyclic esters (lactones) is 1. The van der Waals surface area contributed by atoms with Gasteiger partial charge in [0.05, 0.1) is 24.5 Å². The fourth-order valence-corrected chi connectivity index (χ4v) is 3.70. The summed E-state index contributed by atoms with van der Waals surface area (Å²) in [5.74, 6) is -0.353. The molecule has 1 aromatic carbocycles. The maximum Gasteiger partial charge on any atom is 0.416 e. The maximum atomic E-state index is 13.0. The van der Waals surface area contributed by atoms with Gasteiger partial charge in [0.25, 0.3) is 0 Å². The monoisotopic (exact) mass is 526 g/mol. The van der Waals surface area contributed by atoms with Crippen LogP contribution in [-0.2, 0) is 33.6 Å². The van der Waals surface area contributed by atoms with Crippen LogP contribution in [0.1, 0.15) is 37.9 Å². The summed E-state index contributed by atoms with van der Waals surface area (Å²) < 4.78 is 52.1.